The van der Waals surface area contributed by atoms with E-state index in [1.165, 1.54) is 25.9 Å². The van der Waals surface area contributed by atoms with Gasteiger partial charge in [0, 0.05) is 19.8 Å². The Labute approximate surface area is 86.9 Å². The topological polar surface area (TPSA) is 21.1 Å². The van der Waals surface area contributed by atoms with Gasteiger partial charge in [-0.2, -0.15) is 0 Å². The predicted molar refractivity (Wildman–Crippen MR) is 55.4 cm³/mol. The lowest BCUT2D eigenvalue weighted by molar-refractivity contribution is 0.327. The summed E-state index contributed by atoms with van der Waals surface area (Å²) in [5, 5.41) is 0. The molecule has 0 radical (unpaired) electrons. The van der Waals surface area contributed by atoms with Crippen LogP contribution in [0.5, 0.6) is 0 Å². The van der Waals surface area contributed by atoms with Crippen molar-refractivity contribution >= 4 is 15.9 Å². The molecular weight excluding hydrogens is 230 g/mol. The minimum Gasteiger partial charge on any atom is -0.328 e. The fourth-order valence-electron chi connectivity index (χ4n) is 1.75. The van der Waals surface area contributed by atoms with E-state index in [-0.39, 0.29) is 0 Å². The van der Waals surface area contributed by atoms with Crippen molar-refractivity contribution in [1.29, 1.82) is 0 Å². The van der Waals surface area contributed by atoms with Crippen molar-refractivity contribution in [2.24, 2.45) is 7.05 Å². The van der Waals surface area contributed by atoms with Gasteiger partial charge in [-0.3, -0.25) is 4.90 Å². The number of likely N-dealkylation sites (tertiary alicyclic amines) is 1. The van der Waals surface area contributed by atoms with Gasteiger partial charge in [0.15, 0.2) is 4.73 Å². The van der Waals surface area contributed by atoms with Crippen LogP contribution < -0.4 is 0 Å². The summed E-state index contributed by atoms with van der Waals surface area (Å²) in [5.41, 5.74) is 1.16. The second-order valence-electron chi connectivity index (χ2n) is 3.60. The normalized spacial score (nSPS) is 18.3. The Kier molecular flexibility index (Phi) is 2.69. The third kappa shape index (κ3) is 2.11. The first kappa shape index (κ1) is 9.21. The van der Waals surface area contributed by atoms with Gasteiger partial charge in [-0.05, 0) is 41.9 Å². The Morgan fingerprint density at radius 3 is 2.69 bits per heavy atom. The second kappa shape index (κ2) is 3.80. The lowest BCUT2D eigenvalue weighted by Crippen LogP contribution is -2.18. The SMILES string of the molecule is Cn1cc(CN2CCCC2)nc1Br. The highest BCUT2D eigenvalue weighted by molar-refractivity contribution is 9.10. The molecular formula is C9H14BrN3. The van der Waals surface area contributed by atoms with Gasteiger partial charge in [0.1, 0.15) is 0 Å². The number of hydrogen-bond donors (Lipinski definition) is 0. The van der Waals surface area contributed by atoms with E-state index in [9.17, 15) is 0 Å². The van der Waals surface area contributed by atoms with Crippen LogP contribution in [0.2, 0.25) is 0 Å². The molecule has 1 aromatic rings. The maximum atomic E-state index is 4.41. The van der Waals surface area contributed by atoms with Crippen LogP contribution in [0.25, 0.3) is 0 Å². The molecule has 0 amide bonds. The van der Waals surface area contributed by atoms with Crippen molar-refractivity contribution < 1.29 is 0 Å². The molecule has 0 aliphatic carbocycles. The average molecular weight is 244 g/mol. The van der Waals surface area contributed by atoms with Gasteiger partial charge in [-0.15, -0.1) is 0 Å². The van der Waals surface area contributed by atoms with Crippen LogP contribution in [0.1, 0.15) is 18.5 Å². The number of hydrogen-bond acceptors (Lipinski definition) is 2. The van der Waals surface area contributed by atoms with Gasteiger partial charge in [-0.1, -0.05) is 0 Å². The van der Waals surface area contributed by atoms with Crippen molar-refractivity contribution in [2.45, 2.75) is 19.4 Å². The molecule has 1 saturated heterocycles. The molecule has 0 aromatic carbocycles. The highest BCUT2D eigenvalue weighted by Gasteiger charge is 2.13. The number of imidazole rings is 1. The van der Waals surface area contributed by atoms with Crippen LogP contribution >= 0.6 is 15.9 Å². The summed E-state index contributed by atoms with van der Waals surface area (Å²) in [6.45, 7) is 3.46. The lowest BCUT2D eigenvalue weighted by atomic mass is 10.4. The molecule has 2 heterocycles. The molecule has 2 rings (SSSR count). The molecule has 0 spiro atoms. The van der Waals surface area contributed by atoms with Crippen LogP contribution in [0, 0.1) is 0 Å². The Bertz CT molecular complexity index is 270. The summed E-state index contributed by atoms with van der Waals surface area (Å²) in [6, 6.07) is 0. The summed E-state index contributed by atoms with van der Waals surface area (Å²) < 4.78 is 2.92. The van der Waals surface area contributed by atoms with Crippen molar-refractivity contribution in [1.82, 2.24) is 14.5 Å². The summed E-state index contributed by atoms with van der Waals surface area (Å²) in [5.74, 6) is 0. The number of halogens is 1. The first-order valence-electron chi connectivity index (χ1n) is 4.66. The molecule has 1 aliphatic heterocycles. The van der Waals surface area contributed by atoms with Crippen LogP contribution in [0.15, 0.2) is 10.9 Å². The van der Waals surface area contributed by atoms with Gasteiger partial charge in [0.2, 0.25) is 0 Å². The lowest BCUT2D eigenvalue weighted by Gasteiger charge is -2.11. The van der Waals surface area contributed by atoms with Gasteiger partial charge >= 0.3 is 0 Å². The van der Waals surface area contributed by atoms with Crippen molar-refractivity contribution in [2.75, 3.05) is 13.1 Å². The van der Waals surface area contributed by atoms with Gasteiger partial charge in [0.05, 0.1) is 5.69 Å². The molecule has 1 fully saturated rings. The van der Waals surface area contributed by atoms with E-state index in [1.807, 2.05) is 11.6 Å². The molecule has 4 heteroatoms. The quantitative estimate of drug-likeness (QED) is 0.790. The minimum atomic E-state index is 0.918. The van der Waals surface area contributed by atoms with E-state index in [1.54, 1.807) is 0 Å². The highest BCUT2D eigenvalue weighted by Crippen LogP contribution is 2.14. The molecule has 0 saturated carbocycles. The van der Waals surface area contributed by atoms with Gasteiger partial charge in [0.25, 0.3) is 0 Å². The van der Waals surface area contributed by atoms with Crippen LogP contribution in [0.4, 0.5) is 0 Å². The minimum absolute atomic E-state index is 0.918. The summed E-state index contributed by atoms with van der Waals surface area (Å²) >= 11 is 3.40. The smallest absolute Gasteiger partial charge is 0.177 e. The zero-order valence-corrected chi connectivity index (χ0v) is 9.42. The van der Waals surface area contributed by atoms with Crippen LogP contribution in [-0.2, 0) is 13.6 Å². The van der Waals surface area contributed by atoms with Gasteiger partial charge < -0.3 is 4.57 Å². The predicted octanol–water partition coefficient (Wildman–Crippen LogP) is 1.78. The average Bonchev–Trinajstić information content (AvgIpc) is 2.64. The molecule has 0 bridgehead atoms. The Morgan fingerprint density at radius 2 is 2.15 bits per heavy atom. The first-order valence-corrected chi connectivity index (χ1v) is 5.45. The van der Waals surface area contributed by atoms with Gasteiger partial charge in [-0.25, -0.2) is 4.98 Å². The van der Waals surface area contributed by atoms with Crippen molar-refractivity contribution in [3.8, 4) is 0 Å². The molecule has 13 heavy (non-hydrogen) atoms. The third-order valence-electron chi connectivity index (χ3n) is 2.45. The standard InChI is InChI=1S/C9H14BrN3/c1-12-6-8(11-9(12)10)7-13-4-2-3-5-13/h6H,2-5,7H2,1H3. The summed E-state index contributed by atoms with van der Waals surface area (Å²) in [7, 11) is 2.00. The van der Waals surface area contributed by atoms with E-state index < -0.39 is 0 Å². The maximum absolute atomic E-state index is 4.41. The molecule has 0 atom stereocenters. The van der Waals surface area contributed by atoms with Crippen molar-refractivity contribution in [3.05, 3.63) is 16.6 Å². The van der Waals surface area contributed by atoms with E-state index in [0.717, 1.165) is 17.0 Å². The molecule has 1 aromatic heterocycles. The van der Waals surface area contributed by atoms with E-state index in [0.29, 0.717) is 0 Å². The highest BCUT2D eigenvalue weighted by atomic mass is 79.9. The Morgan fingerprint density at radius 1 is 1.46 bits per heavy atom. The zero-order valence-electron chi connectivity index (χ0n) is 7.83. The fraction of sp³-hybridized carbons (Fsp3) is 0.667. The number of rotatable bonds is 2. The van der Waals surface area contributed by atoms with Crippen molar-refractivity contribution in [3.63, 3.8) is 0 Å². The number of nitrogens with zero attached hydrogens (tertiary/aromatic N) is 3. The molecule has 0 N–H and O–H groups in total. The molecule has 72 valence electrons. The Hall–Kier alpha value is -0.350. The largest absolute Gasteiger partial charge is 0.328 e. The molecule has 3 nitrogen and oxygen atoms in total. The van der Waals surface area contributed by atoms with E-state index >= 15 is 0 Å². The first-order chi connectivity index (χ1) is 6.25. The Balaban J connectivity index is 2.00. The molecule has 1 aliphatic rings. The monoisotopic (exact) mass is 243 g/mol. The molecule has 0 unspecified atom stereocenters. The number of aromatic nitrogens is 2. The van der Waals surface area contributed by atoms with E-state index in [2.05, 4.69) is 32.0 Å². The number of aryl methyl sites for hydroxylation is 1. The second-order valence-corrected chi connectivity index (χ2v) is 4.30. The summed E-state index contributed by atoms with van der Waals surface area (Å²) in [6.07, 6.45) is 4.77. The van der Waals surface area contributed by atoms with E-state index in [4.69, 9.17) is 0 Å². The third-order valence-corrected chi connectivity index (χ3v) is 3.19. The van der Waals surface area contributed by atoms with Crippen LogP contribution in [0.3, 0.4) is 0 Å². The summed E-state index contributed by atoms with van der Waals surface area (Å²) in [4.78, 5) is 6.86. The van der Waals surface area contributed by atoms with Crippen LogP contribution in [-0.4, -0.2) is 27.5 Å². The maximum Gasteiger partial charge on any atom is 0.177 e. The zero-order chi connectivity index (χ0) is 9.26. The fourth-order valence-corrected chi connectivity index (χ4v) is 2.08.